The van der Waals surface area contributed by atoms with E-state index < -0.39 is 0 Å². The summed E-state index contributed by atoms with van der Waals surface area (Å²) in [6.07, 6.45) is 6.67. The molecule has 3 rings (SSSR count). The minimum atomic E-state index is 0.255. The van der Waals surface area contributed by atoms with Gasteiger partial charge in [0, 0.05) is 24.2 Å². The number of ether oxygens (including phenoxy) is 1. The molecule has 6 heteroatoms. The minimum Gasteiger partial charge on any atom is -0.494 e. The standard InChI is InChI=1S/C14H12N4O2/c1-19-11-8-17-7-4-10(11)13-12(14(15)20-18-13)9-2-5-16-6-3-9/h2-8H,15H2,1H3. The molecule has 0 fully saturated rings. The Hall–Kier alpha value is -2.89. The molecule has 0 aliphatic rings. The second-order valence-electron chi connectivity index (χ2n) is 4.08. The fourth-order valence-electron chi connectivity index (χ4n) is 2.02. The maximum atomic E-state index is 5.90. The highest BCUT2D eigenvalue weighted by Gasteiger charge is 2.20. The quantitative estimate of drug-likeness (QED) is 0.784. The molecule has 2 N–H and O–H groups in total. The van der Waals surface area contributed by atoms with Crippen molar-refractivity contribution in [2.24, 2.45) is 0 Å². The monoisotopic (exact) mass is 268 g/mol. The van der Waals surface area contributed by atoms with Gasteiger partial charge in [-0.3, -0.25) is 9.97 Å². The highest BCUT2D eigenvalue weighted by Crippen LogP contribution is 2.39. The van der Waals surface area contributed by atoms with Crippen LogP contribution in [0.25, 0.3) is 22.4 Å². The van der Waals surface area contributed by atoms with Gasteiger partial charge in [0.1, 0.15) is 11.4 Å². The fraction of sp³-hybridized carbons (Fsp3) is 0.0714. The molecule has 100 valence electrons. The lowest BCUT2D eigenvalue weighted by Gasteiger charge is -2.06. The first kappa shape index (κ1) is 12.2. The van der Waals surface area contributed by atoms with E-state index in [0.717, 1.165) is 16.7 Å². The summed E-state index contributed by atoms with van der Waals surface area (Å²) in [5.74, 6) is 0.862. The zero-order valence-electron chi connectivity index (χ0n) is 10.8. The molecule has 0 aliphatic carbocycles. The number of methoxy groups -OCH3 is 1. The smallest absolute Gasteiger partial charge is 0.230 e. The Bertz CT molecular complexity index is 725. The van der Waals surface area contributed by atoms with Crippen LogP contribution in [0.15, 0.2) is 47.5 Å². The first-order chi connectivity index (χ1) is 9.81. The summed E-state index contributed by atoms with van der Waals surface area (Å²) in [5, 5.41) is 4.04. The first-order valence-corrected chi connectivity index (χ1v) is 5.95. The first-order valence-electron chi connectivity index (χ1n) is 5.95. The highest BCUT2D eigenvalue weighted by atomic mass is 16.5. The van der Waals surface area contributed by atoms with E-state index in [9.17, 15) is 0 Å². The van der Waals surface area contributed by atoms with Crippen molar-refractivity contribution in [2.45, 2.75) is 0 Å². The van der Waals surface area contributed by atoms with Gasteiger partial charge in [-0.1, -0.05) is 5.16 Å². The van der Waals surface area contributed by atoms with E-state index in [4.69, 9.17) is 15.0 Å². The average molecular weight is 268 g/mol. The summed E-state index contributed by atoms with van der Waals surface area (Å²) < 4.78 is 10.4. The van der Waals surface area contributed by atoms with E-state index in [2.05, 4.69) is 15.1 Å². The number of nitrogen functional groups attached to an aromatic ring is 1. The van der Waals surface area contributed by atoms with Crippen LogP contribution in [0.1, 0.15) is 0 Å². The van der Waals surface area contributed by atoms with Crippen molar-refractivity contribution in [3.63, 3.8) is 0 Å². The molecule has 0 aliphatic heterocycles. The van der Waals surface area contributed by atoms with Gasteiger partial charge in [-0.05, 0) is 23.8 Å². The maximum absolute atomic E-state index is 5.90. The van der Waals surface area contributed by atoms with Gasteiger partial charge in [0.15, 0.2) is 0 Å². The molecular formula is C14H12N4O2. The molecular weight excluding hydrogens is 256 g/mol. The zero-order valence-corrected chi connectivity index (χ0v) is 10.8. The summed E-state index contributed by atoms with van der Waals surface area (Å²) in [6, 6.07) is 5.50. The molecule has 0 saturated carbocycles. The van der Waals surface area contributed by atoms with Crippen molar-refractivity contribution in [1.29, 1.82) is 0 Å². The normalized spacial score (nSPS) is 10.4. The SMILES string of the molecule is COc1cnccc1-c1noc(N)c1-c1ccncc1. The molecule has 3 aromatic rings. The van der Waals surface area contributed by atoms with Gasteiger partial charge in [-0.2, -0.15) is 0 Å². The number of nitrogens with two attached hydrogens (primary N) is 1. The van der Waals surface area contributed by atoms with Crippen molar-refractivity contribution in [1.82, 2.24) is 15.1 Å². The lowest BCUT2D eigenvalue weighted by molar-refractivity contribution is 0.412. The summed E-state index contributed by atoms with van der Waals surface area (Å²) in [6.45, 7) is 0. The maximum Gasteiger partial charge on any atom is 0.230 e. The largest absolute Gasteiger partial charge is 0.494 e. The van der Waals surface area contributed by atoms with Crippen LogP contribution in [0.4, 0.5) is 5.88 Å². The number of hydrogen-bond donors (Lipinski definition) is 1. The number of aromatic nitrogens is 3. The third kappa shape index (κ3) is 1.97. The summed E-state index contributed by atoms with van der Waals surface area (Å²) in [4.78, 5) is 8.02. The lowest BCUT2D eigenvalue weighted by atomic mass is 10.0. The molecule has 0 saturated heterocycles. The number of hydrogen-bond acceptors (Lipinski definition) is 6. The van der Waals surface area contributed by atoms with Gasteiger partial charge >= 0.3 is 0 Å². The molecule has 0 radical (unpaired) electrons. The van der Waals surface area contributed by atoms with E-state index in [1.54, 1.807) is 38.0 Å². The number of rotatable bonds is 3. The lowest BCUT2D eigenvalue weighted by Crippen LogP contribution is -1.92. The molecule has 6 nitrogen and oxygen atoms in total. The number of nitrogens with zero attached hydrogens (tertiary/aromatic N) is 3. The van der Waals surface area contributed by atoms with E-state index in [0.29, 0.717) is 11.4 Å². The van der Waals surface area contributed by atoms with Crippen LogP contribution >= 0.6 is 0 Å². The van der Waals surface area contributed by atoms with Gasteiger partial charge < -0.3 is 15.0 Å². The Morgan fingerprint density at radius 1 is 1.10 bits per heavy atom. The minimum absolute atomic E-state index is 0.255. The topological polar surface area (TPSA) is 87.1 Å². The second kappa shape index (κ2) is 5.00. The van der Waals surface area contributed by atoms with Gasteiger partial charge in [0.05, 0.1) is 18.9 Å². The Kier molecular flexibility index (Phi) is 3.04. The summed E-state index contributed by atoms with van der Waals surface area (Å²) >= 11 is 0. The highest BCUT2D eigenvalue weighted by molar-refractivity contribution is 5.88. The Morgan fingerprint density at radius 3 is 2.60 bits per heavy atom. The fourth-order valence-corrected chi connectivity index (χ4v) is 2.02. The van der Waals surface area contributed by atoms with Crippen LogP contribution in [0.3, 0.4) is 0 Å². The third-order valence-corrected chi connectivity index (χ3v) is 2.95. The van der Waals surface area contributed by atoms with Gasteiger partial charge in [-0.15, -0.1) is 0 Å². The number of pyridine rings is 2. The van der Waals surface area contributed by atoms with Crippen LogP contribution in [0, 0.1) is 0 Å². The van der Waals surface area contributed by atoms with Gasteiger partial charge in [0.25, 0.3) is 0 Å². The van der Waals surface area contributed by atoms with E-state index >= 15 is 0 Å². The molecule has 20 heavy (non-hydrogen) atoms. The molecule has 3 heterocycles. The van der Waals surface area contributed by atoms with Crippen LogP contribution in [-0.2, 0) is 0 Å². The molecule has 0 aromatic carbocycles. The van der Waals surface area contributed by atoms with Crippen LogP contribution in [-0.4, -0.2) is 22.2 Å². The van der Waals surface area contributed by atoms with E-state index in [-0.39, 0.29) is 5.88 Å². The molecule has 0 bridgehead atoms. The van der Waals surface area contributed by atoms with Gasteiger partial charge in [0.2, 0.25) is 5.88 Å². The van der Waals surface area contributed by atoms with Crippen molar-refractivity contribution >= 4 is 5.88 Å². The van der Waals surface area contributed by atoms with Crippen molar-refractivity contribution < 1.29 is 9.26 Å². The van der Waals surface area contributed by atoms with E-state index in [1.165, 1.54) is 0 Å². The number of anilines is 1. The van der Waals surface area contributed by atoms with Crippen molar-refractivity contribution in [2.75, 3.05) is 12.8 Å². The third-order valence-electron chi connectivity index (χ3n) is 2.95. The molecule has 0 amide bonds. The molecule has 0 spiro atoms. The van der Waals surface area contributed by atoms with Crippen LogP contribution in [0.2, 0.25) is 0 Å². The average Bonchev–Trinajstić information content (AvgIpc) is 2.89. The molecule has 3 aromatic heterocycles. The molecule has 0 unspecified atom stereocenters. The van der Waals surface area contributed by atoms with Crippen molar-refractivity contribution in [3.05, 3.63) is 43.0 Å². The van der Waals surface area contributed by atoms with Crippen LogP contribution in [0.5, 0.6) is 5.75 Å². The Labute approximate surface area is 115 Å². The second-order valence-corrected chi connectivity index (χ2v) is 4.08. The Balaban J connectivity index is 2.22. The predicted octanol–water partition coefficient (Wildman–Crippen LogP) is 2.39. The summed E-state index contributed by atoms with van der Waals surface area (Å²) in [7, 11) is 1.58. The van der Waals surface area contributed by atoms with E-state index in [1.807, 2.05) is 12.1 Å². The molecule has 0 atom stereocenters. The predicted molar refractivity (Wildman–Crippen MR) is 73.9 cm³/mol. The van der Waals surface area contributed by atoms with Gasteiger partial charge in [-0.25, -0.2) is 0 Å². The Morgan fingerprint density at radius 2 is 1.85 bits per heavy atom. The van der Waals surface area contributed by atoms with Crippen molar-refractivity contribution in [3.8, 4) is 28.1 Å². The van der Waals surface area contributed by atoms with Crippen LogP contribution < -0.4 is 10.5 Å². The zero-order chi connectivity index (χ0) is 13.9. The summed E-state index contributed by atoms with van der Waals surface area (Å²) in [5.41, 5.74) is 8.89.